The predicted octanol–water partition coefficient (Wildman–Crippen LogP) is 4.91. The highest BCUT2D eigenvalue weighted by Crippen LogP contribution is 2.34. The second-order valence-corrected chi connectivity index (χ2v) is 9.67. The van der Waals surface area contributed by atoms with Crippen LogP contribution in [0.25, 0.3) is 0 Å². The van der Waals surface area contributed by atoms with E-state index in [2.05, 4.69) is 32.0 Å². The van der Waals surface area contributed by atoms with Crippen molar-refractivity contribution < 1.29 is 14.3 Å². The monoisotopic (exact) mass is 481 g/mol. The molecule has 2 aliphatic rings. The first-order chi connectivity index (χ1) is 16.4. The van der Waals surface area contributed by atoms with Crippen LogP contribution in [0.15, 0.2) is 47.6 Å². The lowest BCUT2D eigenvalue weighted by Gasteiger charge is -2.32. The molecule has 7 heteroatoms. The molecule has 6 nitrogen and oxygen atoms in total. The van der Waals surface area contributed by atoms with Crippen molar-refractivity contribution in [2.45, 2.75) is 45.6 Å². The first-order valence-electron chi connectivity index (χ1n) is 11.9. The molecule has 0 saturated heterocycles. The van der Waals surface area contributed by atoms with Gasteiger partial charge in [-0.3, -0.25) is 9.59 Å². The molecule has 180 valence electrons. The van der Waals surface area contributed by atoms with Gasteiger partial charge in [0.2, 0.25) is 5.91 Å². The number of ether oxygens (including phenoxy) is 1. The van der Waals surface area contributed by atoms with E-state index in [1.807, 2.05) is 24.3 Å². The lowest BCUT2D eigenvalue weighted by molar-refractivity contribution is -0.146. The van der Waals surface area contributed by atoms with Crippen LogP contribution < -0.4 is 0 Å². The molecule has 1 atom stereocenters. The summed E-state index contributed by atoms with van der Waals surface area (Å²) in [5.41, 5.74) is 5.25. The third-order valence-corrected chi connectivity index (χ3v) is 7.17. The summed E-state index contributed by atoms with van der Waals surface area (Å²) >= 11 is 6.11. The Morgan fingerprint density at radius 1 is 1.12 bits per heavy atom. The van der Waals surface area contributed by atoms with Crippen molar-refractivity contribution in [3.05, 3.63) is 69.7 Å². The zero-order valence-corrected chi connectivity index (χ0v) is 20.8. The first kappa shape index (κ1) is 24.4. The normalized spacial score (nSPS) is 17.9. The zero-order valence-electron chi connectivity index (χ0n) is 20.1. The van der Waals surface area contributed by atoms with Crippen molar-refractivity contribution in [3.8, 4) is 0 Å². The quantitative estimate of drug-likeness (QED) is 0.538. The summed E-state index contributed by atoms with van der Waals surface area (Å²) in [6.07, 6.45) is 3.45. The third-order valence-electron chi connectivity index (χ3n) is 6.92. The average molecular weight is 482 g/mol. The Balaban J connectivity index is 1.61. The van der Waals surface area contributed by atoms with E-state index < -0.39 is 0 Å². The van der Waals surface area contributed by atoms with E-state index in [-0.39, 0.29) is 30.3 Å². The van der Waals surface area contributed by atoms with E-state index in [4.69, 9.17) is 21.4 Å². The molecule has 2 aromatic carbocycles. The van der Waals surface area contributed by atoms with Gasteiger partial charge in [0.1, 0.15) is 6.54 Å². The van der Waals surface area contributed by atoms with Crippen LogP contribution in [-0.4, -0.2) is 54.2 Å². The smallest absolute Gasteiger partial charge is 0.262 e. The van der Waals surface area contributed by atoms with Gasteiger partial charge in [0.05, 0.1) is 18.4 Å². The number of hydrogen-bond acceptors (Lipinski definition) is 4. The Labute approximate surface area is 206 Å². The minimum Gasteiger partial charge on any atom is -0.383 e. The minimum absolute atomic E-state index is 0.00745. The molecule has 1 heterocycles. The molecule has 0 radical (unpaired) electrons. The molecule has 2 aromatic rings. The van der Waals surface area contributed by atoms with Gasteiger partial charge >= 0.3 is 0 Å². The molecule has 0 bridgehead atoms. The number of aryl methyl sites for hydroxylation is 2. The topological polar surface area (TPSA) is 62.2 Å². The number of hydrazone groups is 1. The average Bonchev–Trinajstić information content (AvgIpc) is 3.23. The van der Waals surface area contributed by atoms with Gasteiger partial charge in [0, 0.05) is 31.0 Å². The van der Waals surface area contributed by atoms with E-state index in [0.29, 0.717) is 24.6 Å². The van der Waals surface area contributed by atoms with Crippen molar-refractivity contribution in [3.63, 3.8) is 0 Å². The summed E-state index contributed by atoms with van der Waals surface area (Å²) in [6, 6.07) is 13.5. The van der Waals surface area contributed by atoms with Crippen molar-refractivity contribution in [1.29, 1.82) is 0 Å². The van der Waals surface area contributed by atoms with Crippen molar-refractivity contribution in [1.82, 2.24) is 9.91 Å². The maximum absolute atomic E-state index is 13.6. The fourth-order valence-electron chi connectivity index (χ4n) is 4.40. The Bertz CT molecular complexity index is 1080. The largest absolute Gasteiger partial charge is 0.383 e. The molecule has 1 fully saturated rings. The van der Waals surface area contributed by atoms with Gasteiger partial charge in [-0.1, -0.05) is 42.3 Å². The van der Waals surface area contributed by atoms with Crippen molar-refractivity contribution in [2.75, 3.05) is 26.8 Å². The Morgan fingerprint density at radius 3 is 2.47 bits per heavy atom. The van der Waals surface area contributed by atoms with Crippen molar-refractivity contribution >= 4 is 29.1 Å². The SMILES string of the molecule is COCCN(CC(=O)N1N=C(c2ccc(C)c(C)c2)C[C@@H]1c1ccc(Cl)cc1)C(=O)C1CCC1. The summed E-state index contributed by atoms with van der Waals surface area (Å²) in [5, 5.41) is 6.98. The maximum atomic E-state index is 13.6. The summed E-state index contributed by atoms with van der Waals surface area (Å²) < 4.78 is 5.20. The van der Waals surface area contributed by atoms with E-state index in [9.17, 15) is 9.59 Å². The van der Waals surface area contributed by atoms with Crippen LogP contribution in [0.2, 0.25) is 5.02 Å². The number of carbonyl (C=O) groups is 2. The van der Waals surface area contributed by atoms with E-state index in [0.717, 1.165) is 36.1 Å². The molecule has 1 aliphatic heterocycles. The van der Waals surface area contributed by atoms with Gasteiger partial charge in [-0.15, -0.1) is 0 Å². The third kappa shape index (κ3) is 5.34. The maximum Gasteiger partial charge on any atom is 0.262 e. The minimum atomic E-state index is -0.246. The molecule has 4 rings (SSSR count). The fourth-order valence-corrected chi connectivity index (χ4v) is 4.52. The summed E-state index contributed by atoms with van der Waals surface area (Å²) in [7, 11) is 1.60. The Hall–Kier alpha value is -2.70. The molecule has 0 unspecified atom stereocenters. The molecule has 2 amide bonds. The Kier molecular flexibility index (Phi) is 7.69. The number of hydrogen-bond donors (Lipinski definition) is 0. The van der Waals surface area contributed by atoms with Crippen LogP contribution in [-0.2, 0) is 14.3 Å². The highest BCUT2D eigenvalue weighted by atomic mass is 35.5. The van der Waals surface area contributed by atoms with Crippen LogP contribution in [0.4, 0.5) is 0 Å². The highest BCUT2D eigenvalue weighted by Gasteiger charge is 2.36. The second kappa shape index (κ2) is 10.7. The van der Waals surface area contributed by atoms with Gasteiger partial charge in [-0.25, -0.2) is 5.01 Å². The number of amides is 2. The second-order valence-electron chi connectivity index (χ2n) is 9.24. The van der Waals surface area contributed by atoms with E-state index in [1.54, 1.807) is 17.0 Å². The number of nitrogens with zero attached hydrogens (tertiary/aromatic N) is 3. The molecular weight excluding hydrogens is 450 g/mol. The lowest BCUT2D eigenvalue weighted by atomic mass is 9.84. The van der Waals surface area contributed by atoms with Gasteiger partial charge < -0.3 is 9.64 Å². The molecule has 0 spiro atoms. The van der Waals surface area contributed by atoms with Gasteiger partial charge in [0.15, 0.2) is 0 Å². The van der Waals surface area contributed by atoms with Gasteiger partial charge in [0.25, 0.3) is 5.91 Å². The molecule has 1 aliphatic carbocycles. The van der Waals surface area contributed by atoms with Crippen molar-refractivity contribution in [2.24, 2.45) is 11.0 Å². The summed E-state index contributed by atoms with van der Waals surface area (Å²) in [5.74, 6) is -0.135. The number of carbonyl (C=O) groups excluding carboxylic acids is 2. The number of halogens is 1. The Morgan fingerprint density at radius 2 is 1.85 bits per heavy atom. The van der Waals surface area contributed by atoms with Crippen LogP contribution in [0.3, 0.4) is 0 Å². The molecule has 1 saturated carbocycles. The lowest BCUT2D eigenvalue weighted by Crippen LogP contribution is -2.46. The molecule has 0 N–H and O–H groups in total. The standard InChI is InChI=1S/C27H32ClN3O3/c1-18-7-8-22(15-19(18)2)24-16-25(20-9-11-23(28)12-10-20)31(29-24)26(32)17-30(13-14-34-3)27(33)21-5-4-6-21/h7-12,15,21,25H,4-6,13-14,16-17H2,1-3H3/t25-/m1/s1. The molecule has 0 aromatic heterocycles. The highest BCUT2D eigenvalue weighted by molar-refractivity contribution is 6.30. The van der Waals surface area contributed by atoms with Crippen LogP contribution in [0.1, 0.15) is 54.0 Å². The van der Waals surface area contributed by atoms with Gasteiger partial charge in [-0.2, -0.15) is 5.10 Å². The zero-order chi connectivity index (χ0) is 24.2. The fraction of sp³-hybridized carbons (Fsp3) is 0.444. The number of rotatable bonds is 8. The van der Waals surface area contributed by atoms with Crippen LogP contribution in [0.5, 0.6) is 0 Å². The predicted molar refractivity (Wildman–Crippen MR) is 134 cm³/mol. The van der Waals surface area contributed by atoms with E-state index in [1.165, 1.54) is 11.1 Å². The van der Waals surface area contributed by atoms with E-state index >= 15 is 0 Å². The summed E-state index contributed by atoms with van der Waals surface area (Å²) in [6.45, 7) is 4.93. The van der Waals surface area contributed by atoms with Crippen LogP contribution in [0, 0.1) is 19.8 Å². The molecule has 34 heavy (non-hydrogen) atoms. The summed E-state index contributed by atoms with van der Waals surface area (Å²) in [4.78, 5) is 28.2. The van der Waals surface area contributed by atoms with Crippen LogP contribution >= 0.6 is 11.6 Å². The van der Waals surface area contributed by atoms with Gasteiger partial charge in [-0.05, 0) is 67.1 Å². The number of benzene rings is 2. The number of methoxy groups -OCH3 is 1. The molecular formula is C27H32ClN3O3. The first-order valence-corrected chi connectivity index (χ1v) is 12.3.